The molecule has 0 fully saturated rings. The summed E-state index contributed by atoms with van der Waals surface area (Å²) in [7, 11) is 3.17. The van der Waals surface area contributed by atoms with Gasteiger partial charge in [-0.05, 0) is 30.2 Å². The Bertz CT molecular complexity index is 923. The van der Waals surface area contributed by atoms with Gasteiger partial charge in [-0.15, -0.1) is 0 Å². The zero-order valence-corrected chi connectivity index (χ0v) is 14.3. The lowest BCUT2D eigenvalue weighted by Gasteiger charge is -2.27. The Morgan fingerprint density at radius 3 is 2.52 bits per heavy atom. The van der Waals surface area contributed by atoms with Crippen LogP contribution in [-0.4, -0.2) is 36.6 Å². The molecule has 2 heterocycles. The van der Waals surface area contributed by atoms with Crippen LogP contribution in [0.3, 0.4) is 0 Å². The quantitative estimate of drug-likeness (QED) is 0.798. The second-order valence-corrected chi connectivity index (χ2v) is 6.21. The number of para-hydroxylation sites is 1. The normalized spacial score (nSPS) is 13.6. The van der Waals surface area contributed by atoms with Gasteiger partial charge in [-0.1, -0.05) is 18.2 Å². The Hall–Kier alpha value is -2.95. The van der Waals surface area contributed by atoms with Gasteiger partial charge in [0, 0.05) is 34.8 Å². The molecule has 128 valence electrons. The van der Waals surface area contributed by atoms with Gasteiger partial charge in [-0.2, -0.15) is 0 Å². The van der Waals surface area contributed by atoms with E-state index in [0.29, 0.717) is 30.2 Å². The van der Waals surface area contributed by atoms with E-state index in [2.05, 4.69) is 23.2 Å². The lowest BCUT2D eigenvalue weighted by atomic mass is 10.0. The molecule has 0 radical (unpaired) electrons. The summed E-state index contributed by atoms with van der Waals surface area (Å²) in [6.07, 6.45) is 0.853. The smallest absolute Gasteiger partial charge is 0.254 e. The minimum atomic E-state index is -0.0125. The Labute approximate surface area is 146 Å². The van der Waals surface area contributed by atoms with Crippen molar-refractivity contribution in [2.45, 2.75) is 13.0 Å². The molecule has 3 aromatic rings. The van der Waals surface area contributed by atoms with Gasteiger partial charge in [-0.25, -0.2) is 0 Å². The Balaban J connectivity index is 1.64. The number of aromatic amines is 1. The molecule has 0 saturated heterocycles. The van der Waals surface area contributed by atoms with E-state index in [1.54, 1.807) is 32.4 Å². The standard InChI is InChI=1S/C20H20N2O3/c1-24-14-9-13(10-15(11-14)25-2)20(23)22-8-7-17-16-5-3-4-6-18(16)21-19(17)12-22/h3-6,9-11,21H,7-8,12H2,1-2H3. The van der Waals surface area contributed by atoms with Crippen molar-refractivity contribution < 1.29 is 14.3 Å². The summed E-state index contributed by atoms with van der Waals surface area (Å²) in [5, 5.41) is 1.26. The van der Waals surface area contributed by atoms with Gasteiger partial charge in [0.25, 0.3) is 5.91 Å². The molecule has 0 bridgehead atoms. The largest absolute Gasteiger partial charge is 0.497 e. The predicted molar refractivity (Wildman–Crippen MR) is 96.3 cm³/mol. The molecule has 1 N–H and O–H groups in total. The second-order valence-electron chi connectivity index (χ2n) is 6.21. The maximum Gasteiger partial charge on any atom is 0.254 e. The fraction of sp³-hybridized carbons (Fsp3) is 0.250. The predicted octanol–water partition coefficient (Wildman–Crippen LogP) is 3.38. The molecule has 0 spiro atoms. The summed E-state index contributed by atoms with van der Waals surface area (Å²) in [4.78, 5) is 18.3. The van der Waals surface area contributed by atoms with Gasteiger partial charge in [-0.3, -0.25) is 4.79 Å². The molecule has 4 rings (SSSR count). The molecule has 5 heteroatoms. The van der Waals surface area contributed by atoms with Crippen LogP contribution in [0.2, 0.25) is 0 Å². The fourth-order valence-corrected chi connectivity index (χ4v) is 3.48. The number of hydrogen-bond donors (Lipinski definition) is 1. The summed E-state index contributed by atoms with van der Waals surface area (Å²) in [5.74, 6) is 1.22. The highest BCUT2D eigenvalue weighted by Gasteiger charge is 2.25. The molecule has 0 atom stereocenters. The van der Waals surface area contributed by atoms with Crippen LogP contribution < -0.4 is 9.47 Å². The van der Waals surface area contributed by atoms with Gasteiger partial charge >= 0.3 is 0 Å². The molecule has 1 aliphatic rings. The molecular weight excluding hydrogens is 316 g/mol. The van der Waals surface area contributed by atoms with Crippen LogP contribution in [0.5, 0.6) is 11.5 Å². The van der Waals surface area contributed by atoms with E-state index in [4.69, 9.17) is 9.47 Å². The van der Waals surface area contributed by atoms with Crippen molar-refractivity contribution in [2.75, 3.05) is 20.8 Å². The number of methoxy groups -OCH3 is 2. The average Bonchev–Trinajstić information content (AvgIpc) is 3.04. The zero-order chi connectivity index (χ0) is 17.4. The van der Waals surface area contributed by atoms with E-state index >= 15 is 0 Å². The maximum absolute atomic E-state index is 13.0. The Morgan fingerprint density at radius 2 is 1.80 bits per heavy atom. The number of ether oxygens (including phenoxy) is 2. The van der Waals surface area contributed by atoms with Crippen molar-refractivity contribution in [2.24, 2.45) is 0 Å². The first kappa shape index (κ1) is 15.6. The highest BCUT2D eigenvalue weighted by atomic mass is 16.5. The molecule has 25 heavy (non-hydrogen) atoms. The van der Waals surface area contributed by atoms with Gasteiger partial charge in [0.1, 0.15) is 11.5 Å². The molecule has 0 aliphatic carbocycles. The lowest BCUT2D eigenvalue weighted by Crippen LogP contribution is -2.35. The molecule has 2 aromatic carbocycles. The molecule has 0 unspecified atom stereocenters. The van der Waals surface area contributed by atoms with Crippen LogP contribution in [-0.2, 0) is 13.0 Å². The third kappa shape index (κ3) is 2.71. The molecule has 0 saturated carbocycles. The molecule has 1 aliphatic heterocycles. The average molecular weight is 336 g/mol. The van der Waals surface area contributed by atoms with Crippen molar-refractivity contribution >= 4 is 16.8 Å². The van der Waals surface area contributed by atoms with Crippen molar-refractivity contribution in [1.29, 1.82) is 0 Å². The molecule has 5 nitrogen and oxygen atoms in total. The number of benzene rings is 2. The second kappa shape index (κ2) is 6.16. The highest BCUT2D eigenvalue weighted by molar-refractivity contribution is 5.95. The number of fused-ring (bicyclic) bond motifs is 3. The highest BCUT2D eigenvalue weighted by Crippen LogP contribution is 2.29. The zero-order valence-electron chi connectivity index (χ0n) is 14.3. The fourth-order valence-electron chi connectivity index (χ4n) is 3.48. The van der Waals surface area contributed by atoms with Crippen LogP contribution in [0.15, 0.2) is 42.5 Å². The first-order chi connectivity index (χ1) is 12.2. The van der Waals surface area contributed by atoms with Gasteiger partial charge < -0.3 is 19.4 Å². The molecule has 1 amide bonds. The SMILES string of the molecule is COc1cc(OC)cc(C(=O)N2CCc3c([nH]c4ccccc34)C2)c1. The number of aromatic nitrogens is 1. The number of hydrogen-bond acceptors (Lipinski definition) is 3. The number of carbonyl (C=O) groups excluding carboxylic acids is 1. The maximum atomic E-state index is 13.0. The summed E-state index contributed by atoms with van der Waals surface area (Å²) < 4.78 is 10.5. The van der Waals surface area contributed by atoms with Crippen molar-refractivity contribution in [1.82, 2.24) is 9.88 Å². The van der Waals surface area contributed by atoms with E-state index in [-0.39, 0.29) is 5.91 Å². The molecule has 1 aromatic heterocycles. The number of nitrogens with one attached hydrogen (secondary N) is 1. The summed E-state index contributed by atoms with van der Waals surface area (Å²) in [5.41, 5.74) is 4.15. The van der Waals surface area contributed by atoms with Crippen LogP contribution in [0.4, 0.5) is 0 Å². The van der Waals surface area contributed by atoms with E-state index in [0.717, 1.165) is 17.6 Å². The van der Waals surface area contributed by atoms with E-state index < -0.39 is 0 Å². The van der Waals surface area contributed by atoms with E-state index in [9.17, 15) is 4.79 Å². The third-order valence-corrected chi connectivity index (χ3v) is 4.77. The van der Waals surface area contributed by atoms with Crippen LogP contribution in [0.1, 0.15) is 21.6 Å². The van der Waals surface area contributed by atoms with Gasteiger partial charge in [0.15, 0.2) is 0 Å². The number of nitrogens with zero attached hydrogens (tertiary/aromatic N) is 1. The number of amides is 1. The van der Waals surface area contributed by atoms with Gasteiger partial charge in [0.05, 0.1) is 20.8 Å². The number of H-pyrrole nitrogens is 1. The number of carbonyl (C=O) groups is 1. The van der Waals surface area contributed by atoms with Gasteiger partial charge in [0.2, 0.25) is 0 Å². The Morgan fingerprint density at radius 1 is 1.08 bits per heavy atom. The lowest BCUT2D eigenvalue weighted by molar-refractivity contribution is 0.0732. The Kier molecular flexibility index (Phi) is 3.84. The molecular formula is C20H20N2O3. The van der Waals surface area contributed by atoms with Crippen molar-refractivity contribution in [3.63, 3.8) is 0 Å². The first-order valence-electron chi connectivity index (χ1n) is 8.30. The van der Waals surface area contributed by atoms with Crippen molar-refractivity contribution in [3.8, 4) is 11.5 Å². The monoisotopic (exact) mass is 336 g/mol. The summed E-state index contributed by atoms with van der Waals surface area (Å²) in [6, 6.07) is 13.6. The topological polar surface area (TPSA) is 54.6 Å². The third-order valence-electron chi connectivity index (χ3n) is 4.77. The number of rotatable bonds is 3. The van der Waals surface area contributed by atoms with Crippen LogP contribution in [0.25, 0.3) is 10.9 Å². The van der Waals surface area contributed by atoms with Crippen LogP contribution in [0, 0.1) is 0 Å². The van der Waals surface area contributed by atoms with Crippen molar-refractivity contribution in [3.05, 3.63) is 59.3 Å². The van der Waals surface area contributed by atoms with Crippen LogP contribution >= 0.6 is 0 Å². The van der Waals surface area contributed by atoms with E-state index in [1.165, 1.54) is 10.9 Å². The minimum Gasteiger partial charge on any atom is -0.497 e. The minimum absolute atomic E-state index is 0.0125. The summed E-state index contributed by atoms with van der Waals surface area (Å²) in [6.45, 7) is 1.29. The first-order valence-corrected chi connectivity index (χ1v) is 8.30. The summed E-state index contributed by atoms with van der Waals surface area (Å²) >= 11 is 0. The van der Waals surface area contributed by atoms with E-state index in [1.807, 2.05) is 11.0 Å².